The van der Waals surface area contributed by atoms with E-state index in [1.165, 1.54) is 5.56 Å². The van der Waals surface area contributed by atoms with Crippen LogP contribution in [-0.2, 0) is 29.1 Å². The molecule has 0 radical (unpaired) electrons. The van der Waals surface area contributed by atoms with Crippen molar-refractivity contribution >= 4 is 28.5 Å². The van der Waals surface area contributed by atoms with Gasteiger partial charge in [-0.15, -0.1) is 0 Å². The Morgan fingerprint density at radius 2 is 1.81 bits per heavy atom. The Labute approximate surface area is 183 Å². The smallest absolute Gasteiger partial charge is 0.246 e. The highest BCUT2D eigenvalue weighted by Gasteiger charge is 2.24. The summed E-state index contributed by atoms with van der Waals surface area (Å²) < 4.78 is 1.95. The standard InChI is InChI=1S/C25H30N4O2/c1-3-18(4-2)25(31)26-16-23-27-20-12-6-8-14-22(20)29(23)17-24(30)28-15-9-11-19-10-5-7-13-21(19)28/h5-8,10,12-14,18H,3-4,9,11,15-17H2,1-2H3,(H,26,31). The number of anilines is 1. The number of hydrogen-bond acceptors (Lipinski definition) is 3. The second-order valence-corrected chi connectivity index (χ2v) is 8.11. The third kappa shape index (κ3) is 4.33. The van der Waals surface area contributed by atoms with E-state index in [4.69, 9.17) is 4.98 Å². The van der Waals surface area contributed by atoms with Crippen LogP contribution < -0.4 is 10.2 Å². The maximum atomic E-state index is 13.4. The molecular weight excluding hydrogens is 388 g/mol. The minimum Gasteiger partial charge on any atom is -0.349 e. The van der Waals surface area contributed by atoms with E-state index in [0.29, 0.717) is 12.4 Å². The SMILES string of the molecule is CCC(CC)C(=O)NCc1nc2ccccc2n1CC(=O)N1CCCc2ccccc21. The molecule has 31 heavy (non-hydrogen) atoms. The van der Waals surface area contributed by atoms with E-state index in [9.17, 15) is 9.59 Å². The van der Waals surface area contributed by atoms with Crippen LogP contribution in [0.15, 0.2) is 48.5 Å². The first-order valence-electron chi connectivity index (χ1n) is 11.2. The predicted molar refractivity (Wildman–Crippen MR) is 123 cm³/mol. The van der Waals surface area contributed by atoms with Crippen LogP contribution in [0.25, 0.3) is 11.0 Å². The molecule has 0 saturated carbocycles. The highest BCUT2D eigenvalue weighted by atomic mass is 16.2. The molecule has 0 fully saturated rings. The Morgan fingerprint density at radius 1 is 1.06 bits per heavy atom. The first-order chi connectivity index (χ1) is 15.1. The number of amides is 2. The summed E-state index contributed by atoms with van der Waals surface area (Å²) in [7, 11) is 0. The minimum absolute atomic E-state index is 0.00399. The molecule has 1 aliphatic rings. The van der Waals surface area contributed by atoms with E-state index in [1.54, 1.807) is 0 Å². The Bertz CT molecular complexity index is 1080. The van der Waals surface area contributed by atoms with Gasteiger partial charge in [0.15, 0.2) is 0 Å². The molecule has 0 atom stereocenters. The maximum absolute atomic E-state index is 13.4. The van der Waals surface area contributed by atoms with Crippen molar-refractivity contribution in [3.05, 3.63) is 59.9 Å². The zero-order valence-corrected chi connectivity index (χ0v) is 18.3. The van der Waals surface area contributed by atoms with Gasteiger partial charge in [-0.3, -0.25) is 9.59 Å². The number of carbonyl (C=O) groups excluding carboxylic acids is 2. The Balaban J connectivity index is 1.59. The van der Waals surface area contributed by atoms with Gasteiger partial charge < -0.3 is 14.8 Å². The molecule has 2 heterocycles. The average Bonchev–Trinajstić information content (AvgIpc) is 3.15. The first kappa shape index (κ1) is 21.1. The Kier molecular flexibility index (Phi) is 6.35. The zero-order chi connectivity index (χ0) is 21.8. The lowest BCUT2D eigenvalue weighted by molar-refractivity contribution is -0.125. The first-order valence-corrected chi connectivity index (χ1v) is 11.2. The molecule has 1 aromatic heterocycles. The van der Waals surface area contributed by atoms with Gasteiger partial charge in [-0.05, 0) is 49.4 Å². The van der Waals surface area contributed by atoms with Gasteiger partial charge in [0.05, 0.1) is 17.6 Å². The van der Waals surface area contributed by atoms with Gasteiger partial charge in [-0.2, -0.15) is 0 Å². The second-order valence-electron chi connectivity index (χ2n) is 8.11. The van der Waals surface area contributed by atoms with E-state index in [0.717, 1.165) is 48.9 Å². The van der Waals surface area contributed by atoms with Gasteiger partial charge in [0.1, 0.15) is 12.4 Å². The summed E-state index contributed by atoms with van der Waals surface area (Å²) in [4.78, 5) is 32.4. The lowest BCUT2D eigenvalue weighted by Crippen LogP contribution is -2.38. The highest BCUT2D eigenvalue weighted by Crippen LogP contribution is 2.27. The number of para-hydroxylation sites is 3. The van der Waals surface area contributed by atoms with Crippen LogP contribution in [0.3, 0.4) is 0 Å². The molecule has 2 amide bonds. The van der Waals surface area contributed by atoms with Crippen LogP contribution in [0.1, 0.15) is 44.5 Å². The van der Waals surface area contributed by atoms with Crippen molar-refractivity contribution in [3.63, 3.8) is 0 Å². The van der Waals surface area contributed by atoms with E-state index in [2.05, 4.69) is 11.4 Å². The zero-order valence-electron chi connectivity index (χ0n) is 18.3. The van der Waals surface area contributed by atoms with Crippen molar-refractivity contribution in [2.45, 2.75) is 52.6 Å². The summed E-state index contributed by atoms with van der Waals surface area (Å²) in [5, 5.41) is 3.02. The van der Waals surface area contributed by atoms with Crippen LogP contribution >= 0.6 is 0 Å². The third-order valence-electron chi connectivity index (χ3n) is 6.22. The molecule has 6 heteroatoms. The molecule has 162 valence electrons. The molecule has 0 unspecified atom stereocenters. The van der Waals surface area contributed by atoms with Crippen molar-refractivity contribution in [2.75, 3.05) is 11.4 Å². The fourth-order valence-corrected chi connectivity index (χ4v) is 4.42. The van der Waals surface area contributed by atoms with Crippen LogP contribution in [0, 0.1) is 5.92 Å². The van der Waals surface area contributed by atoms with Gasteiger partial charge in [0.2, 0.25) is 11.8 Å². The van der Waals surface area contributed by atoms with Gasteiger partial charge in [-0.1, -0.05) is 44.2 Å². The quantitative estimate of drug-likeness (QED) is 0.629. The monoisotopic (exact) mass is 418 g/mol. The molecule has 0 aliphatic carbocycles. The number of fused-ring (bicyclic) bond motifs is 2. The number of aryl methyl sites for hydroxylation is 1. The highest BCUT2D eigenvalue weighted by molar-refractivity contribution is 5.95. The van der Waals surface area contributed by atoms with Crippen LogP contribution in [0.4, 0.5) is 5.69 Å². The number of nitrogens with one attached hydrogen (secondary N) is 1. The summed E-state index contributed by atoms with van der Waals surface area (Å²) in [6, 6.07) is 15.9. The topological polar surface area (TPSA) is 67.2 Å². The molecule has 0 bridgehead atoms. The number of imidazole rings is 1. The number of nitrogens with zero attached hydrogens (tertiary/aromatic N) is 3. The summed E-state index contributed by atoms with van der Waals surface area (Å²) in [5.74, 6) is 0.797. The molecule has 3 aromatic rings. The van der Waals surface area contributed by atoms with Crippen molar-refractivity contribution in [3.8, 4) is 0 Å². The fraction of sp³-hybridized carbons (Fsp3) is 0.400. The number of carbonyl (C=O) groups is 2. The van der Waals surface area contributed by atoms with Crippen LogP contribution in [0.5, 0.6) is 0 Å². The molecule has 0 saturated heterocycles. The van der Waals surface area contributed by atoms with Gasteiger partial charge in [0, 0.05) is 18.2 Å². The van der Waals surface area contributed by atoms with Crippen molar-refractivity contribution < 1.29 is 9.59 Å². The van der Waals surface area contributed by atoms with Gasteiger partial charge >= 0.3 is 0 Å². The van der Waals surface area contributed by atoms with Crippen LogP contribution in [0.2, 0.25) is 0 Å². The van der Waals surface area contributed by atoms with E-state index < -0.39 is 0 Å². The lowest BCUT2D eigenvalue weighted by Gasteiger charge is -2.29. The summed E-state index contributed by atoms with van der Waals surface area (Å²) in [5.41, 5.74) is 3.97. The second kappa shape index (κ2) is 9.33. The molecular formula is C25H30N4O2. The normalized spacial score (nSPS) is 13.5. The van der Waals surface area contributed by atoms with E-state index >= 15 is 0 Å². The summed E-state index contributed by atoms with van der Waals surface area (Å²) in [6.45, 7) is 5.29. The predicted octanol–water partition coefficient (Wildman–Crippen LogP) is 4.07. The van der Waals surface area contributed by atoms with Crippen molar-refractivity contribution in [2.24, 2.45) is 5.92 Å². The minimum atomic E-state index is 0.00399. The third-order valence-corrected chi connectivity index (χ3v) is 6.22. The van der Waals surface area contributed by atoms with E-state index in [1.807, 2.05) is 65.8 Å². The van der Waals surface area contributed by atoms with Crippen LogP contribution in [-0.4, -0.2) is 27.9 Å². The summed E-state index contributed by atoms with van der Waals surface area (Å²) in [6.07, 6.45) is 3.59. The maximum Gasteiger partial charge on any atom is 0.246 e. The Morgan fingerprint density at radius 3 is 2.61 bits per heavy atom. The van der Waals surface area contributed by atoms with Crippen molar-refractivity contribution in [1.82, 2.24) is 14.9 Å². The molecule has 1 aliphatic heterocycles. The molecule has 0 spiro atoms. The van der Waals surface area contributed by atoms with Crippen molar-refractivity contribution in [1.29, 1.82) is 0 Å². The molecule has 1 N–H and O–H groups in total. The Hall–Kier alpha value is -3.15. The number of aromatic nitrogens is 2. The average molecular weight is 419 g/mol. The largest absolute Gasteiger partial charge is 0.349 e. The molecule has 2 aromatic carbocycles. The lowest BCUT2D eigenvalue weighted by atomic mass is 10.0. The number of rotatable bonds is 7. The summed E-state index contributed by atoms with van der Waals surface area (Å²) >= 11 is 0. The fourth-order valence-electron chi connectivity index (χ4n) is 4.42. The number of benzene rings is 2. The molecule has 6 nitrogen and oxygen atoms in total. The van der Waals surface area contributed by atoms with Gasteiger partial charge in [-0.25, -0.2) is 4.98 Å². The molecule has 4 rings (SSSR count). The van der Waals surface area contributed by atoms with E-state index in [-0.39, 0.29) is 24.3 Å². The van der Waals surface area contributed by atoms with Gasteiger partial charge in [0.25, 0.3) is 0 Å². The number of hydrogen-bond donors (Lipinski definition) is 1.